The van der Waals surface area contributed by atoms with Crippen LogP contribution >= 0.6 is 0 Å². The van der Waals surface area contributed by atoms with Gasteiger partial charge >= 0.3 is 0 Å². The molecular formula is C14H20N2O. The van der Waals surface area contributed by atoms with E-state index in [0.29, 0.717) is 0 Å². The Kier molecular flexibility index (Phi) is 3.48. The number of carbonyl (C=O) groups excluding carboxylic acids is 1. The van der Waals surface area contributed by atoms with Crippen LogP contribution in [-0.4, -0.2) is 18.5 Å². The van der Waals surface area contributed by atoms with Crippen molar-refractivity contribution in [1.29, 1.82) is 0 Å². The fourth-order valence-corrected chi connectivity index (χ4v) is 2.50. The predicted octanol–water partition coefficient (Wildman–Crippen LogP) is 2.30. The Labute approximate surface area is 103 Å². The fraction of sp³-hybridized carbons (Fsp3) is 0.500. The van der Waals surface area contributed by atoms with Gasteiger partial charge in [0.1, 0.15) is 0 Å². The van der Waals surface area contributed by atoms with Crippen molar-refractivity contribution in [3.8, 4) is 0 Å². The second-order valence-corrected chi connectivity index (χ2v) is 4.91. The van der Waals surface area contributed by atoms with E-state index in [1.54, 1.807) is 0 Å². The Morgan fingerprint density at radius 1 is 1.29 bits per heavy atom. The van der Waals surface area contributed by atoms with Crippen LogP contribution < -0.4 is 10.6 Å². The molecule has 3 nitrogen and oxygen atoms in total. The second kappa shape index (κ2) is 4.88. The Morgan fingerprint density at radius 3 is 2.47 bits per heavy atom. The third kappa shape index (κ3) is 2.67. The zero-order chi connectivity index (χ0) is 12.4. The molecule has 0 radical (unpaired) electrons. The number of benzene rings is 1. The number of rotatable bonds is 2. The molecule has 1 aromatic rings. The molecule has 1 saturated heterocycles. The average molecular weight is 232 g/mol. The van der Waals surface area contributed by atoms with Gasteiger partial charge in [-0.3, -0.25) is 4.79 Å². The number of amides is 1. The molecule has 92 valence electrons. The summed E-state index contributed by atoms with van der Waals surface area (Å²) in [5.41, 5.74) is 4.47. The molecule has 1 atom stereocenters. The number of hydrogen-bond acceptors (Lipinski definition) is 2. The van der Waals surface area contributed by atoms with Crippen molar-refractivity contribution in [2.45, 2.75) is 39.7 Å². The highest BCUT2D eigenvalue weighted by Crippen LogP contribution is 2.22. The van der Waals surface area contributed by atoms with Crippen LogP contribution in [0.1, 0.15) is 29.5 Å². The molecule has 1 amide bonds. The van der Waals surface area contributed by atoms with Crippen LogP contribution in [0.5, 0.6) is 0 Å². The highest BCUT2D eigenvalue weighted by atomic mass is 16.2. The van der Waals surface area contributed by atoms with Crippen LogP contribution in [0.15, 0.2) is 12.1 Å². The highest BCUT2D eigenvalue weighted by molar-refractivity contribution is 5.96. The first-order valence-electron chi connectivity index (χ1n) is 6.20. The molecular weight excluding hydrogens is 212 g/mol. The van der Waals surface area contributed by atoms with Gasteiger partial charge in [-0.25, -0.2) is 0 Å². The minimum atomic E-state index is -0.0184. The van der Waals surface area contributed by atoms with E-state index in [2.05, 4.69) is 29.7 Å². The molecule has 1 aliphatic heterocycles. The van der Waals surface area contributed by atoms with Gasteiger partial charge in [0.15, 0.2) is 0 Å². The topological polar surface area (TPSA) is 41.1 Å². The summed E-state index contributed by atoms with van der Waals surface area (Å²) in [5, 5.41) is 6.26. The van der Waals surface area contributed by atoms with E-state index < -0.39 is 0 Å². The van der Waals surface area contributed by atoms with Crippen LogP contribution in [-0.2, 0) is 4.79 Å². The van der Waals surface area contributed by atoms with E-state index in [1.165, 1.54) is 5.56 Å². The zero-order valence-corrected chi connectivity index (χ0v) is 10.8. The molecule has 0 aromatic heterocycles. The van der Waals surface area contributed by atoms with Crippen LogP contribution in [0.4, 0.5) is 5.69 Å². The van der Waals surface area contributed by atoms with Crippen LogP contribution in [0.3, 0.4) is 0 Å². The average Bonchev–Trinajstić information content (AvgIpc) is 2.76. The molecule has 3 heteroatoms. The molecule has 0 unspecified atom stereocenters. The Bertz CT molecular complexity index is 411. The lowest BCUT2D eigenvalue weighted by molar-refractivity contribution is -0.117. The molecule has 0 saturated carbocycles. The first-order valence-corrected chi connectivity index (χ1v) is 6.20. The molecule has 1 fully saturated rings. The number of anilines is 1. The van der Waals surface area contributed by atoms with Crippen LogP contribution in [0.2, 0.25) is 0 Å². The minimum Gasteiger partial charge on any atom is -0.324 e. The van der Waals surface area contributed by atoms with E-state index in [0.717, 1.165) is 36.2 Å². The van der Waals surface area contributed by atoms with E-state index in [9.17, 15) is 4.79 Å². The number of carbonyl (C=O) groups is 1. The van der Waals surface area contributed by atoms with E-state index in [1.807, 2.05) is 13.8 Å². The maximum atomic E-state index is 12.0. The summed E-state index contributed by atoms with van der Waals surface area (Å²) in [7, 11) is 0. The number of hydrogen-bond donors (Lipinski definition) is 2. The Hall–Kier alpha value is -1.35. The molecule has 2 N–H and O–H groups in total. The van der Waals surface area contributed by atoms with Crippen molar-refractivity contribution in [3.05, 3.63) is 28.8 Å². The number of aryl methyl sites for hydroxylation is 3. The molecule has 1 heterocycles. The van der Waals surface area contributed by atoms with E-state index >= 15 is 0 Å². The lowest BCUT2D eigenvalue weighted by Gasteiger charge is -2.15. The highest BCUT2D eigenvalue weighted by Gasteiger charge is 2.22. The summed E-state index contributed by atoms with van der Waals surface area (Å²) in [6, 6.07) is 4.19. The predicted molar refractivity (Wildman–Crippen MR) is 70.3 cm³/mol. The quantitative estimate of drug-likeness (QED) is 0.821. The first kappa shape index (κ1) is 12.1. The monoisotopic (exact) mass is 232 g/mol. The van der Waals surface area contributed by atoms with E-state index in [-0.39, 0.29) is 11.9 Å². The molecule has 0 spiro atoms. The largest absolute Gasteiger partial charge is 0.324 e. The fourth-order valence-electron chi connectivity index (χ4n) is 2.50. The van der Waals surface area contributed by atoms with Gasteiger partial charge in [0.2, 0.25) is 5.91 Å². The summed E-state index contributed by atoms with van der Waals surface area (Å²) < 4.78 is 0. The van der Waals surface area contributed by atoms with Crippen molar-refractivity contribution < 1.29 is 4.79 Å². The maximum absolute atomic E-state index is 12.0. The van der Waals surface area contributed by atoms with Gasteiger partial charge < -0.3 is 10.6 Å². The third-order valence-corrected chi connectivity index (χ3v) is 3.30. The van der Waals surface area contributed by atoms with Gasteiger partial charge in [-0.05, 0) is 51.3 Å². The van der Waals surface area contributed by atoms with Gasteiger partial charge in [0.25, 0.3) is 0 Å². The lowest BCUT2D eigenvalue weighted by Crippen LogP contribution is -2.35. The van der Waals surface area contributed by atoms with Crippen molar-refractivity contribution in [2.75, 3.05) is 11.9 Å². The standard InChI is InChI=1S/C14H20N2O/c1-9-7-10(2)13(11(3)8-9)16-14(17)12-5-4-6-15-12/h7-8,12,15H,4-6H2,1-3H3,(H,16,17)/t12-/m0/s1. The zero-order valence-electron chi connectivity index (χ0n) is 10.8. The SMILES string of the molecule is Cc1cc(C)c(NC(=O)[C@@H]2CCCN2)c(C)c1. The van der Waals surface area contributed by atoms with Crippen molar-refractivity contribution in [1.82, 2.24) is 5.32 Å². The molecule has 1 aliphatic rings. The Morgan fingerprint density at radius 2 is 1.94 bits per heavy atom. The minimum absolute atomic E-state index is 0.0184. The first-order chi connectivity index (χ1) is 8.08. The molecule has 2 rings (SSSR count). The van der Waals surface area contributed by atoms with Gasteiger partial charge in [-0.2, -0.15) is 0 Å². The molecule has 17 heavy (non-hydrogen) atoms. The van der Waals surface area contributed by atoms with Crippen molar-refractivity contribution in [3.63, 3.8) is 0 Å². The lowest BCUT2D eigenvalue weighted by atomic mass is 10.0. The summed E-state index contributed by atoms with van der Waals surface area (Å²) in [6.07, 6.45) is 2.03. The van der Waals surface area contributed by atoms with Gasteiger partial charge in [0.05, 0.1) is 6.04 Å². The molecule has 0 bridgehead atoms. The van der Waals surface area contributed by atoms with Crippen LogP contribution in [0.25, 0.3) is 0 Å². The molecule has 0 aliphatic carbocycles. The van der Waals surface area contributed by atoms with Crippen molar-refractivity contribution >= 4 is 11.6 Å². The second-order valence-electron chi connectivity index (χ2n) is 4.91. The van der Waals surface area contributed by atoms with Crippen molar-refractivity contribution in [2.24, 2.45) is 0 Å². The van der Waals surface area contributed by atoms with Gasteiger partial charge in [0, 0.05) is 5.69 Å². The maximum Gasteiger partial charge on any atom is 0.241 e. The summed E-state index contributed by atoms with van der Waals surface area (Å²) in [4.78, 5) is 12.0. The summed E-state index contributed by atoms with van der Waals surface area (Å²) >= 11 is 0. The van der Waals surface area contributed by atoms with Crippen LogP contribution in [0, 0.1) is 20.8 Å². The molecule has 1 aromatic carbocycles. The normalized spacial score (nSPS) is 19.4. The summed E-state index contributed by atoms with van der Waals surface area (Å²) in [6.45, 7) is 7.10. The van der Waals surface area contributed by atoms with Gasteiger partial charge in [-0.1, -0.05) is 17.7 Å². The smallest absolute Gasteiger partial charge is 0.241 e. The summed E-state index contributed by atoms with van der Waals surface area (Å²) in [5.74, 6) is 0.0950. The van der Waals surface area contributed by atoms with E-state index in [4.69, 9.17) is 0 Å². The number of nitrogens with one attached hydrogen (secondary N) is 2. The Balaban J connectivity index is 2.15. The van der Waals surface area contributed by atoms with Gasteiger partial charge in [-0.15, -0.1) is 0 Å². The third-order valence-electron chi connectivity index (χ3n) is 3.30.